The summed E-state index contributed by atoms with van der Waals surface area (Å²) in [6, 6.07) is 11.8. The smallest absolute Gasteiger partial charge is 0.328 e. The molecule has 0 bridgehead atoms. The third-order valence-corrected chi connectivity index (χ3v) is 5.36. The van der Waals surface area contributed by atoms with Gasteiger partial charge in [0.25, 0.3) is 5.56 Å². The van der Waals surface area contributed by atoms with Crippen molar-refractivity contribution in [1.29, 1.82) is 0 Å². The van der Waals surface area contributed by atoms with Crippen LogP contribution in [0.25, 0.3) is 0 Å². The zero-order chi connectivity index (χ0) is 15.9. The molecule has 2 aromatic rings. The third-order valence-electron chi connectivity index (χ3n) is 5.36. The summed E-state index contributed by atoms with van der Waals surface area (Å²) < 4.78 is 7.63. The van der Waals surface area contributed by atoms with Crippen molar-refractivity contribution in [2.75, 3.05) is 6.61 Å². The molecule has 0 aliphatic heterocycles. The Morgan fingerprint density at radius 1 is 1.22 bits per heavy atom. The van der Waals surface area contributed by atoms with Crippen molar-refractivity contribution >= 4 is 0 Å². The number of ether oxygens (including phenoxy) is 1. The van der Waals surface area contributed by atoms with Gasteiger partial charge < -0.3 is 4.74 Å². The molecule has 2 fully saturated rings. The first-order valence-electron chi connectivity index (χ1n) is 8.11. The molecule has 0 amide bonds. The molecule has 120 valence electrons. The van der Waals surface area contributed by atoms with Crippen molar-refractivity contribution in [2.45, 2.75) is 31.9 Å². The standard InChI is InChI=1S/C18H20N2O3/c21-16-7-9-20(17(22)19-16)15-6-8-18(10-14(15)18)12-23-11-13-4-2-1-3-5-13/h1-5,7,9,14-15H,6,8,10-12H2,(H,19,21,22)/t14-,15+,18-/m1/s1. The van der Waals surface area contributed by atoms with E-state index in [4.69, 9.17) is 4.74 Å². The highest BCUT2D eigenvalue weighted by Gasteiger charge is 2.62. The lowest BCUT2D eigenvalue weighted by Gasteiger charge is -2.14. The largest absolute Gasteiger partial charge is 0.376 e. The van der Waals surface area contributed by atoms with Crippen LogP contribution in [0.15, 0.2) is 52.2 Å². The lowest BCUT2D eigenvalue weighted by atomic mass is 10.1. The predicted molar refractivity (Wildman–Crippen MR) is 86.2 cm³/mol. The molecular formula is C18H20N2O3. The van der Waals surface area contributed by atoms with E-state index in [-0.39, 0.29) is 22.7 Å². The lowest BCUT2D eigenvalue weighted by molar-refractivity contribution is 0.0749. The van der Waals surface area contributed by atoms with Gasteiger partial charge in [-0.25, -0.2) is 4.79 Å². The second kappa shape index (κ2) is 5.49. The fourth-order valence-electron chi connectivity index (χ4n) is 4.05. The highest BCUT2D eigenvalue weighted by molar-refractivity contribution is 5.15. The molecule has 2 saturated carbocycles. The lowest BCUT2D eigenvalue weighted by Crippen LogP contribution is -2.31. The second-order valence-electron chi connectivity index (χ2n) is 6.77. The number of rotatable bonds is 5. The maximum absolute atomic E-state index is 12.0. The summed E-state index contributed by atoms with van der Waals surface area (Å²) in [5, 5.41) is 0. The molecular weight excluding hydrogens is 292 g/mol. The first kappa shape index (κ1) is 14.5. The molecule has 1 heterocycles. The van der Waals surface area contributed by atoms with E-state index in [1.165, 1.54) is 11.6 Å². The van der Waals surface area contributed by atoms with Crippen LogP contribution in [-0.4, -0.2) is 16.2 Å². The van der Waals surface area contributed by atoms with Crippen LogP contribution in [0.3, 0.4) is 0 Å². The predicted octanol–water partition coefficient (Wildman–Crippen LogP) is 2.09. The van der Waals surface area contributed by atoms with E-state index in [1.54, 1.807) is 10.8 Å². The molecule has 0 radical (unpaired) electrons. The number of aromatic nitrogens is 2. The SMILES string of the molecule is O=c1ccn([C@H]2CC[C@]3(COCc4ccccc4)C[C@H]23)c(=O)[nH]1. The van der Waals surface area contributed by atoms with Gasteiger partial charge in [0.1, 0.15) is 0 Å². The van der Waals surface area contributed by atoms with E-state index in [0.717, 1.165) is 25.9 Å². The summed E-state index contributed by atoms with van der Waals surface area (Å²) in [6.45, 7) is 1.39. The average molecular weight is 312 g/mol. The Balaban J connectivity index is 1.40. The first-order chi connectivity index (χ1) is 11.2. The Morgan fingerprint density at radius 3 is 2.78 bits per heavy atom. The summed E-state index contributed by atoms with van der Waals surface area (Å²) in [4.78, 5) is 25.5. The second-order valence-corrected chi connectivity index (χ2v) is 6.77. The molecule has 0 unspecified atom stereocenters. The number of nitrogens with one attached hydrogen (secondary N) is 1. The fraction of sp³-hybridized carbons (Fsp3) is 0.444. The number of H-pyrrole nitrogens is 1. The maximum Gasteiger partial charge on any atom is 0.328 e. The summed E-state index contributed by atoms with van der Waals surface area (Å²) in [6.07, 6.45) is 4.80. The summed E-state index contributed by atoms with van der Waals surface area (Å²) >= 11 is 0. The van der Waals surface area contributed by atoms with Gasteiger partial charge in [0.2, 0.25) is 0 Å². The van der Waals surface area contributed by atoms with Gasteiger partial charge >= 0.3 is 5.69 Å². The molecule has 0 saturated heterocycles. The van der Waals surface area contributed by atoms with Crippen LogP contribution in [0, 0.1) is 11.3 Å². The summed E-state index contributed by atoms with van der Waals surface area (Å²) in [5.41, 5.74) is 0.787. The monoisotopic (exact) mass is 312 g/mol. The zero-order valence-electron chi connectivity index (χ0n) is 12.9. The summed E-state index contributed by atoms with van der Waals surface area (Å²) in [7, 11) is 0. The number of fused-ring (bicyclic) bond motifs is 1. The van der Waals surface area contributed by atoms with Crippen LogP contribution in [0.1, 0.15) is 30.9 Å². The van der Waals surface area contributed by atoms with Gasteiger partial charge in [-0.05, 0) is 36.2 Å². The molecule has 3 atom stereocenters. The number of nitrogens with zero attached hydrogens (tertiary/aromatic N) is 1. The zero-order valence-corrected chi connectivity index (χ0v) is 12.9. The Morgan fingerprint density at radius 2 is 2.04 bits per heavy atom. The minimum atomic E-state index is -0.336. The van der Waals surface area contributed by atoms with Crippen LogP contribution in [-0.2, 0) is 11.3 Å². The topological polar surface area (TPSA) is 64.1 Å². The van der Waals surface area contributed by atoms with Crippen molar-refractivity contribution in [3.63, 3.8) is 0 Å². The van der Waals surface area contributed by atoms with Crippen LogP contribution < -0.4 is 11.2 Å². The Hall–Kier alpha value is -2.14. The summed E-state index contributed by atoms with van der Waals surface area (Å²) in [5.74, 6) is 0.488. The Bertz CT molecular complexity index is 811. The maximum atomic E-state index is 12.0. The fourth-order valence-corrected chi connectivity index (χ4v) is 4.05. The third kappa shape index (κ3) is 2.65. The van der Waals surface area contributed by atoms with Gasteiger partial charge in [-0.2, -0.15) is 0 Å². The Labute approximate surface area is 133 Å². The van der Waals surface area contributed by atoms with E-state index in [2.05, 4.69) is 17.1 Å². The highest BCUT2D eigenvalue weighted by Crippen LogP contribution is 2.67. The van der Waals surface area contributed by atoms with Crippen molar-refractivity contribution in [3.05, 3.63) is 69.0 Å². The van der Waals surface area contributed by atoms with Crippen LogP contribution in [0.5, 0.6) is 0 Å². The van der Waals surface area contributed by atoms with Crippen LogP contribution >= 0.6 is 0 Å². The molecule has 2 aliphatic rings. The number of aromatic amines is 1. The van der Waals surface area contributed by atoms with E-state index < -0.39 is 0 Å². The van der Waals surface area contributed by atoms with Crippen LogP contribution in [0.4, 0.5) is 0 Å². The molecule has 0 spiro atoms. The van der Waals surface area contributed by atoms with Gasteiger partial charge in [0, 0.05) is 18.3 Å². The van der Waals surface area contributed by atoms with Crippen molar-refractivity contribution in [1.82, 2.24) is 9.55 Å². The highest BCUT2D eigenvalue weighted by atomic mass is 16.5. The normalized spacial score (nSPS) is 28.5. The van der Waals surface area contributed by atoms with Gasteiger partial charge in [-0.1, -0.05) is 30.3 Å². The van der Waals surface area contributed by atoms with Crippen molar-refractivity contribution in [2.24, 2.45) is 11.3 Å². The van der Waals surface area contributed by atoms with E-state index in [0.29, 0.717) is 12.5 Å². The number of hydrogen-bond donors (Lipinski definition) is 1. The van der Waals surface area contributed by atoms with Crippen LogP contribution in [0.2, 0.25) is 0 Å². The molecule has 2 aliphatic carbocycles. The van der Waals surface area contributed by atoms with E-state index in [1.807, 2.05) is 18.2 Å². The molecule has 5 nitrogen and oxygen atoms in total. The van der Waals surface area contributed by atoms with Gasteiger partial charge in [0.15, 0.2) is 0 Å². The van der Waals surface area contributed by atoms with Crippen molar-refractivity contribution < 1.29 is 4.74 Å². The molecule has 1 aromatic carbocycles. The van der Waals surface area contributed by atoms with Crippen molar-refractivity contribution in [3.8, 4) is 0 Å². The minimum absolute atomic E-state index is 0.194. The minimum Gasteiger partial charge on any atom is -0.376 e. The van der Waals surface area contributed by atoms with E-state index >= 15 is 0 Å². The quantitative estimate of drug-likeness (QED) is 0.919. The molecule has 1 N–H and O–H groups in total. The number of benzene rings is 1. The van der Waals surface area contributed by atoms with Gasteiger partial charge in [-0.15, -0.1) is 0 Å². The van der Waals surface area contributed by atoms with E-state index in [9.17, 15) is 9.59 Å². The first-order valence-corrected chi connectivity index (χ1v) is 8.11. The molecule has 23 heavy (non-hydrogen) atoms. The Kier molecular flexibility index (Phi) is 3.45. The van der Waals surface area contributed by atoms with Gasteiger partial charge in [0.05, 0.1) is 13.2 Å². The van der Waals surface area contributed by atoms with Gasteiger partial charge in [-0.3, -0.25) is 14.3 Å². The number of hydrogen-bond acceptors (Lipinski definition) is 3. The average Bonchev–Trinajstić information content (AvgIpc) is 3.15. The molecule has 1 aromatic heterocycles. The molecule has 4 rings (SSSR count). The molecule has 5 heteroatoms.